The minimum atomic E-state index is -4.53. The van der Waals surface area contributed by atoms with Crippen LogP contribution in [0.2, 0.25) is 0 Å². The van der Waals surface area contributed by atoms with Crippen molar-refractivity contribution in [2.75, 3.05) is 38.2 Å². The van der Waals surface area contributed by atoms with Crippen molar-refractivity contribution in [3.8, 4) is 0 Å². The first kappa shape index (κ1) is 33.6. The predicted octanol–water partition coefficient (Wildman–Crippen LogP) is 5.07. The van der Waals surface area contributed by atoms with Crippen molar-refractivity contribution in [1.82, 2.24) is 14.7 Å². The second-order valence-corrected chi connectivity index (χ2v) is 12.4. The molecule has 44 heavy (non-hydrogen) atoms. The fourth-order valence-electron chi connectivity index (χ4n) is 6.04. The molecule has 3 amide bonds. The van der Waals surface area contributed by atoms with Gasteiger partial charge in [-0.2, -0.15) is 24.9 Å². The summed E-state index contributed by atoms with van der Waals surface area (Å²) >= 11 is 1.68. The van der Waals surface area contributed by atoms with Crippen molar-refractivity contribution in [1.29, 1.82) is 0 Å². The van der Waals surface area contributed by atoms with Crippen LogP contribution in [-0.2, 0) is 33.5 Å². The summed E-state index contributed by atoms with van der Waals surface area (Å²) in [7, 11) is 0. The Morgan fingerprint density at radius 2 is 1.77 bits per heavy atom. The molecule has 0 aromatic heterocycles. The number of nitrogens with zero attached hydrogens (tertiary/aromatic N) is 3. The van der Waals surface area contributed by atoms with E-state index in [0.29, 0.717) is 44.3 Å². The van der Waals surface area contributed by atoms with Crippen LogP contribution in [0.25, 0.3) is 0 Å². The Bertz CT molecular complexity index is 1300. The molecule has 12 heteroatoms. The van der Waals surface area contributed by atoms with Crippen molar-refractivity contribution in [2.45, 2.75) is 64.0 Å². The Hall–Kier alpha value is -3.25. The molecular formula is C32H41F3N4O4S. The second-order valence-electron chi connectivity index (χ2n) is 11.5. The minimum Gasteiger partial charge on any atom is -0.444 e. The Morgan fingerprint density at radius 3 is 2.45 bits per heavy atom. The quantitative estimate of drug-likeness (QED) is 0.328. The number of nitrogens with two attached hydrogens (primary N) is 1. The van der Waals surface area contributed by atoms with Gasteiger partial charge in [0, 0.05) is 13.1 Å². The number of piperazine rings is 1. The molecule has 2 heterocycles. The van der Waals surface area contributed by atoms with Crippen LogP contribution in [0.4, 0.5) is 18.0 Å². The molecule has 8 nitrogen and oxygen atoms in total. The molecule has 2 aromatic rings. The number of alkyl halides is 3. The molecule has 0 bridgehead atoms. The molecule has 3 atom stereocenters. The largest absolute Gasteiger partial charge is 0.444 e. The molecule has 2 N–H and O–H groups in total. The second kappa shape index (κ2) is 15.2. The number of unbranched alkanes of at least 4 members (excludes halogenated alkanes) is 1. The Kier molecular flexibility index (Phi) is 11.6. The van der Waals surface area contributed by atoms with E-state index in [2.05, 4.69) is 0 Å². The van der Waals surface area contributed by atoms with Gasteiger partial charge in [-0.25, -0.2) is 4.79 Å². The SMILES string of the molecule is CSCCCN1C[C@@H]2N(C(=O)OCc3cc(C)cc(C(F)(F)F)c3)C[C@H](Cc3ccccc3)C(=O)N2[C@@H](CCCCN)C1=O. The van der Waals surface area contributed by atoms with Crippen LogP contribution in [0.15, 0.2) is 48.5 Å². The summed E-state index contributed by atoms with van der Waals surface area (Å²) in [5.74, 6) is -0.0899. The van der Waals surface area contributed by atoms with Crippen LogP contribution in [-0.4, -0.2) is 83.0 Å². The van der Waals surface area contributed by atoms with E-state index in [1.165, 1.54) is 4.90 Å². The highest BCUT2D eigenvalue weighted by Crippen LogP contribution is 2.33. The smallest absolute Gasteiger partial charge is 0.416 e. The van der Waals surface area contributed by atoms with Crippen molar-refractivity contribution < 1.29 is 32.3 Å². The molecule has 0 aliphatic carbocycles. The molecule has 0 unspecified atom stereocenters. The van der Waals surface area contributed by atoms with Crippen LogP contribution in [0.5, 0.6) is 0 Å². The molecule has 2 aliphatic rings. The van der Waals surface area contributed by atoms with E-state index in [0.717, 1.165) is 29.9 Å². The lowest BCUT2D eigenvalue weighted by molar-refractivity contribution is -0.173. The number of amides is 3. The van der Waals surface area contributed by atoms with Crippen molar-refractivity contribution >= 4 is 29.7 Å². The number of ether oxygens (including phenoxy) is 1. The van der Waals surface area contributed by atoms with E-state index < -0.39 is 36.0 Å². The van der Waals surface area contributed by atoms with Crippen LogP contribution in [0.3, 0.4) is 0 Å². The predicted molar refractivity (Wildman–Crippen MR) is 164 cm³/mol. The lowest BCUT2D eigenvalue weighted by atomic mass is 9.90. The molecule has 2 fully saturated rings. The highest BCUT2D eigenvalue weighted by Gasteiger charge is 2.51. The van der Waals surface area contributed by atoms with Crippen LogP contribution < -0.4 is 5.73 Å². The number of fused-ring (bicyclic) bond motifs is 1. The van der Waals surface area contributed by atoms with Gasteiger partial charge < -0.3 is 20.3 Å². The monoisotopic (exact) mass is 634 g/mol. The number of rotatable bonds is 12. The number of carbonyl (C=O) groups excluding carboxylic acids is 3. The van der Waals surface area contributed by atoms with E-state index in [1.54, 1.807) is 34.6 Å². The fourth-order valence-corrected chi connectivity index (χ4v) is 6.46. The van der Waals surface area contributed by atoms with Gasteiger partial charge in [-0.1, -0.05) is 42.0 Å². The Balaban J connectivity index is 1.63. The average molecular weight is 635 g/mol. The maximum atomic E-state index is 14.1. The lowest BCUT2D eigenvalue weighted by Crippen LogP contribution is -2.73. The number of benzene rings is 2. The van der Waals surface area contributed by atoms with Gasteiger partial charge >= 0.3 is 12.3 Å². The van der Waals surface area contributed by atoms with E-state index in [9.17, 15) is 27.6 Å². The summed E-state index contributed by atoms with van der Waals surface area (Å²) in [5, 5.41) is 0. The molecule has 2 saturated heterocycles. The highest BCUT2D eigenvalue weighted by molar-refractivity contribution is 7.98. The first-order valence-corrected chi connectivity index (χ1v) is 16.4. The van der Waals surface area contributed by atoms with Crippen LogP contribution >= 0.6 is 11.8 Å². The van der Waals surface area contributed by atoms with Crippen molar-refractivity contribution in [2.24, 2.45) is 11.7 Å². The zero-order chi connectivity index (χ0) is 31.9. The standard InChI is InChI=1S/C32H41F3N4O4S/c1-22-15-24(18-26(16-22)32(33,34)35)21-43-31(42)38-19-25(17-23-9-4-3-5-10-23)29(40)39-27(11-6-7-12-36)30(41)37(20-28(38)39)13-8-14-44-2/h3-5,9-10,15-16,18,25,27-28H,6-8,11-14,17,19-21,36H2,1-2H3/t25-,27-,28+/m0/s1. The highest BCUT2D eigenvalue weighted by atomic mass is 32.2. The third-order valence-corrected chi connectivity index (χ3v) is 8.81. The third-order valence-electron chi connectivity index (χ3n) is 8.11. The van der Waals surface area contributed by atoms with Crippen molar-refractivity contribution in [3.05, 3.63) is 70.8 Å². The number of hydrogen-bond donors (Lipinski definition) is 1. The van der Waals surface area contributed by atoms with Gasteiger partial charge in [-0.3, -0.25) is 14.5 Å². The first-order valence-electron chi connectivity index (χ1n) is 15.0. The fraction of sp³-hybridized carbons (Fsp3) is 0.531. The third kappa shape index (κ3) is 8.26. The number of halogens is 3. The number of thioether (sulfide) groups is 1. The maximum Gasteiger partial charge on any atom is 0.416 e. The Labute approximate surface area is 261 Å². The average Bonchev–Trinajstić information content (AvgIpc) is 2.99. The summed E-state index contributed by atoms with van der Waals surface area (Å²) in [4.78, 5) is 46.4. The zero-order valence-corrected chi connectivity index (χ0v) is 26.0. The first-order chi connectivity index (χ1) is 21.0. The number of carbonyl (C=O) groups is 3. The molecule has 0 saturated carbocycles. The molecule has 240 valence electrons. The molecule has 0 radical (unpaired) electrons. The topological polar surface area (TPSA) is 96.2 Å². The van der Waals surface area contributed by atoms with Gasteiger partial charge in [-0.15, -0.1) is 0 Å². The van der Waals surface area contributed by atoms with E-state index in [4.69, 9.17) is 10.5 Å². The van der Waals surface area contributed by atoms with Gasteiger partial charge in [0.2, 0.25) is 11.8 Å². The van der Waals surface area contributed by atoms with Crippen LogP contribution in [0, 0.1) is 12.8 Å². The van der Waals surface area contributed by atoms with Gasteiger partial charge in [0.05, 0.1) is 18.0 Å². The normalized spacial score (nSPS) is 20.6. The number of aryl methyl sites for hydroxylation is 1. The molecule has 0 spiro atoms. The lowest BCUT2D eigenvalue weighted by Gasteiger charge is -2.53. The van der Waals surface area contributed by atoms with Gasteiger partial charge in [0.15, 0.2) is 0 Å². The van der Waals surface area contributed by atoms with E-state index in [-0.39, 0.29) is 37.1 Å². The minimum absolute atomic E-state index is 0.0672. The molecular weight excluding hydrogens is 593 g/mol. The summed E-state index contributed by atoms with van der Waals surface area (Å²) in [6, 6.07) is 12.3. The van der Waals surface area contributed by atoms with Crippen LogP contribution in [0.1, 0.15) is 47.9 Å². The zero-order valence-electron chi connectivity index (χ0n) is 25.2. The Morgan fingerprint density at radius 1 is 1.02 bits per heavy atom. The maximum absolute atomic E-state index is 14.1. The van der Waals surface area contributed by atoms with Gasteiger partial charge in [0.1, 0.15) is 18.8 Å². The molecule has 2 aliphatic heterocycles. The summed E-state index contributed by atoms with van der Waals surface area (Å²) in [6.45, 7) is 2.35. The van der Waals surface area contributed by atoms with Crippen molar-refractivity contribution in [3.63, 3.8) is 0 Å². The summed E-state index contributed by atoms with van der Waals surface area (Å²) in [5.41, 5.74) is 6.45. The van der Waals surface area contributed by atoms with E-state index in [1.807, 2.05) is 36.6 Å². The molecule has 4 rings (SSSR count). The van der Waals surface area contributed by atoms with Gasteiger partial charge in [0.25, 0.3) is 0 Å². The summed E-state index contributed by atoms with van der Waals surface area (Å²) in [6.07, 6.45) is -1.15. The van der Waals surface area contributed by atoms with E-state index >= 15 is 0 Å². The summed E-state index contributed by atoms with van der Waals surface area (Å²) < 4.78 is 45.9. The number of hydrogen-bond acceptors (Lipinski definition) is 6. The van der Waals surface area contributed by atoms with Gasteiger partial charge in [-0.05, 0) is 80.8 Å². The molecule has 2 aromatic carbocycles.